The van der Waals surface area contributed by atoms with E-state index in [4.69, 9.17) is 0 Å². The van der Waals surface area contributed by atoms with E-state index in [0.717, 1.165) is 41.9 Å². The van der Waals surface area contributed by atoms with Gasteiger partial charge in [-0.1, -0.05) is 0 Å². The zero-order valence-corrected chi connectivity index (χ0v) is 19.0. The zero-order chi connectivity index (χ0) is 24.1. The van der Waals surface area contributed by atoms with Crippen molar-refractivity contribution in [2.24, 2.45) is 0 Å². The minimum atomic E-state index is -0.723. The first-order chi connectivity index (χ1) is 17.0. The van der Waals surface area contributed by atoms with Gasteiger partial charge in [0.15, 0.2) is 5.65 Å². The van der Waals surface area contributed by atoms with Crippen LogP contribution in [0.4, 0.5) is 10.1 Å². The predicted molar refractivity (Wildman–Crippen MR) is 124 cm³/mol. The van der Waals surface area contributed by atoms with Crippen LogP contribution in [0.15, 0.2) is 30.7 Å². The summed E-state index contributed by atoms with van der Waals surface area (Å²) in [4.78, 5) is 54.7. The molecule has 0 bridgehead atoms. The lowest BCUT2D eigenvalue weighted by atomic mass is 10.0. The highest BCUT2D eigenvalue weighted by atomic mass is 19.1. The van der Waals surface area contributed by atoms with Crippen molar-refractivity contribution in [1.82, 2.24) is 30.1 Å². The third kappa shape index (κ3) is 3.81. The van der Waals surface area contributed by atoms with Crippen molar-refractivity contribution < 1.29 is 18.8 Å². The maximum atomic E-state index is 14.6. The van der Waals surface area contributed by atoms with Gasteiger partial charge in [-0.25, -0.2) is 9.37 Å². The molecule has 0 saturated carbocycles. The maximum absolute atomic E-state index is 14.6. The Kier molecular flexibility index (Phi) is 5.21. The van der Waals surface area contributed by atoms with E-state index < -0.39 is 17.8 Å². The minimum Gasteiger partial charge on any atom is -0.369 e. The highest BCUT2D eigenvalue weighted by Gasteiger charge is 2.41. The number of anilines is 1. The summed E-state index contributed by atoms with van der Waals surface area (Å²) in [6.45, 7) is 3.85. The molecule has 1 unspecified atom stereocenters. The fourth-order valence-corrected chi connectivity index (χ4v) is 5.30. The number of hydrogen-bond acceptors (Lipinski definition) is 7. The molecule has 6 rings (SSSR count). The molecule has 5 heterocycles. The van der Waals surface area contributed by atoms with Gasteiger partial charge in [0.25, 0.3) is 5.91 Å². The van der Waals surface area contributed by atoms with Gasteiger partial charge in [0, 0.05) is 86.7 Å². The van der Waals surface area contributed by atoms with Gasteiger partial charge in [-0.3, -0.25) is 29.6 Å². The number of amides is 3. The van der Waals surface area contributed by atoms with Crippen LogP contribution in [0.5, 0.6) is 0 Å². The van der Waals surface area contributed by atoms with Crippen LogP contribution in [-0.2, 0) is 22.7 Å². The molecule has 2 aromatic heterocycles. The molecule has 0 spiro atoms. The summed E-state index contributed by atoms with van der Waals surface area (Å²) < 4.78 is 14.6. The van der Waals surface area contributed by atoms with Gasteiger partial charge >= 0.3 is 0 Å². The number of nitrogens with zero attached hydrogens (tertiary/aromatic N) is 5. The Morgan fingerprint density at radius 3 is 2.66 bits per heavy atom. The molecule has 11 heteroatoms. The predicted octanol–water partition coefficient (Wildman–Crippen LogP) is 1.18. The summed E-state index contributed by atoms with van der Waals surface area (Å²) in [5.74, 6) is -1.65. The number of aromatic nitrogens is 3. The van der Waals surface area contributed by atoms with Gasteiger partial charge in [0.05, 0.1) is 0 Å². The van der Waals surface area contributed by atoms with Crippen molar-refractivity contribution in [2.75, 3.05) is 31.1 Å². The van der Waals surface area contributed by atoms with E-state index in [2.05, 4.69) is 30.1 Å². The topological polar surface area (TPSA) is 115 Å². The normalized spacial score (nSPS) is 21.1. The lowest BCUT2D eigenvalue weighted by Gasteiger charge is -2.37. The molecule has 3 aliphatic rings. The van der Waals surface area contributed by atoms with Crippen LogP contribution in [-0.4, -0.2) is 74.7 Å². The fourth-order valence-electron chi connectivity index (χ4n) is 5.30. The Morgan fingerprint density at radius 1 is 1.06 bits per heavy atom. The largest absolute Gasteiger partial charge is 0.369 e. The van der Waals surface area contributed by atoms with Crippen molar-refractivity contribution >= 4 is 34.6 Å². The maximum Gasteiger partial charge on any atom is 0.255 e. The van der Waals surface area contributed by atoms with E-state index in [9.17, 15) is 18.8 Å². The van der Waals surface area contributed by atoms with Crippen LogP contribution in [0.1, 0.15) is 34.3 Å². The number of fused-ring (bicyclic) bond motifs is 2. The van der Waals surface area contributed by atoms with Crippen LogP contribution >= 0.6 is 0 Å². The van der Waals surface area contributed by atoms with E-state index in [1.54, 1.807) is 12.4 Å². The number of benzene rings is 1. The molecule has 3 aromatic rings. The summed E-state index contributed by atoms with van der Waals surface area (Å²) in [5, 5.41) is 2.30. The summed E-state index contributed by atoms with van der Waals surface area (Å²) in [6, 6.07) is 2.01. The van der Waals surface area contributed by atoms with Crippen LogP contribution in [0.25, 0.3) is 11.2 Å². The molecule has 2 saturated heterocycles. The Morgan fingerprint density at radius 2 is 1.86 bits per heavy atom. The van der Waals surface area contributed by atoms with Gasteiger partial charge < -0.3 is 14.8 Å². The number of nitrogens with one attached hydrogen (secondary N) is 2. The number of piperidine rings is 1. The Balaban J connectivity index is 1.18. The van der Waals surface area contributed by atoms with Crippen molar-refractivity contribution in [3.8, 4) is 0 Å². The van der Waals surface area contributed by atoms with Gasteiger partial charge in [-0.05, 0) is 18.6 Å². The summed E-state index contributed by atoms with van der Waals surface area (Å²) in [7, 11) is 0. The van der Waals surface area contributed by atoms with Crippen LogP contribution in [0.3, 0.4) is 0 Å². The third-order valence-electron chi connectivity index (χ3n) is 7.09. The Labute approximate surface area is 200 Å². The third-order valence-corrected chi connectivity index (χ3v) is 7.09. The van der Waals surface area contributed by atoms with Crippen molar-refractivity contribution in [2.45, 2.75) is 32.0 Å². The number of piperazine rings is 1. The zero-order valence-electron chi connectivity index (χ0n) is 19.0. The second-order valence-corrected chi connectivity index (χ2v) is 9.18. The molecule has 0 aliphatic carbocycles. The van der Waals surface area contributed by atoms with E-state index >= 15 is 0 Å². The van der Waals surface area contributed by atoms with Gasteiger partial charge in [-0.15, -0.1) is 0 Å². The van der Waals surface area contributed by atoms with Crippen molar-refractivity contribution in [3.05, 3.63) is 53.2 Å². The number of hydrogen-bond donors (Lipinski definition) is 2. The molecule has 3 aliphatic heterocycles. The van der Waals surface area contributed by atoms with Gasteiger partial charge in [0.1, 0.15) is 17.4 Å². The minimum absolute atomic E-state index is 0.182. The standard InChI is InChI=1S/C24H24FN7O3/c25-15-9-16-17(13-32(24(16)35)18-1-2-20(33)29-23(18)34)19(10-15)31-7-5-30(6-8-31)12-14-11-28-22-21(14)26-3-4-27-22/h3-4,9-11,18H,1-2,5-8,12-13H2,(H,27,28)(H,29,33,34). The number of carbonyl (C=O) groups is 3. The molecule has 2 N–H and O–H groups in total. The molecule has 3 amide bonds. The molecule has 180 valence electrons. The number of carbonyl (C=O) groups excluding carboxylic acids is 3. The lowest BCUT2D eigenvalue weighted by Crippen LogP contribution is -2.52. The first-order valence-electron chi connectivity index (χ1n) is 11.7. The monoisotopic (exact) mass is 477 g/mol. The fraction of sp³-hybridized carbons (Fsp3) is 0.375. The molecular formula is C24H24FN7O3. The summed E-state index contributed by atoms with van der Waals surface area (Å²) >= 11 is 0. The van der Waals surface area contributed by atoms with E-state index in [-0.39, 0.29) is 31.2 Å². The molecule has 2 fully saturated rings. The smallest absolute Gasteiger partial charge is 0.255 e. The summed E-state index contributed by atoms with van der Waals surface area (Å²) in [6.07, 6.45) is 5.74. The second-order valence-electron chi connectivity index (χ2n) is 9.18. The second kappa shape index (κ2) is 8.42. The Bertz CT molecular complexity index is 1350. The van der Waals surface area contributed by atoms with Crippen molar-refractivity contribution in [1.29, 1.82) is 0 Å². The number of imide groups is 1. The van der Waals surface area contributed by atoms with Gasteiger partial charge in [0.2, 0.25) is 11.8 Å². The quantitative estimate of drug-likeness (QED) is 0.543. The van der Waals surface area contributed by atoms with E-state index in [0.29, 0.717) is 24.3 Å². The highest BCUT2D eigenvalue weighted by Crippen LogP contribution is 2.35. The summed E-state index contributed by atoms with van der Waals surface area (Å²) in [5.41, 5.74) is 4.44. The van der Waals surface area contributed by atoms with Crippen molar-refractivity contribution in [3.63, 3.8) is 0 Å². The molecule has 35 heavy (non-hydrogen) atoms. The molecule has 10 nitrogen and oxygen atoms in total. The average Bonchev–Trinajstić information content (AvgIpc) is 3.40. The SMILES string of the molecule is O=C1CCC(N2Cc3c(cc(F)cc3N3CCN(Cc4c[nH]c5nccnc45)CC3)C2=O)C(=O)N1. The van der Waals surface area contributed by atoms with Gasteiger partial charge in [-0.2, -0.15) is 0 Å². The first-order valence-corrected chi connectivity index (χ1v) is 11.7. The first kappa shape index (κ1) is 21.7. The Hall–Kier alpha value is -3.86. The molecule has 1 aromatic carbocycles. The average molecular weight is 478 g/mol. The van der Waals surface area contributed by atoms with E-state index in [1.807, 2.05) is 6.20 Å². The number of halogens is 1. The van der Waals surface area contributed by atoms with Crippen LogP contribution in [0.2, 0.25) is 0 Å². The van der Waals surface area contributed by atoms with Crippen LogP contribution in [0, 0.1) is 5.82 Å². The number of rotatable bonds is 4. The molecular weight excluding hydrogens is 453 g/mol. The highest BCUT2D eigenvalue weighted by molar-refractivity contribution is 6.06. The number of aromatic amines is 1. The van der Waals surface area contributed by atoms with E-state index in [1.165, 1.54) is 17.0 Å². The molecule has 0 radical (unpaired) electrons. The van der Waals surface area contributed by atoms with Crippen LogP contribution < -0.4 is 10.2 Å². The molecule has 1 atom stereocenters. The number of H-pyrrole nitrogens is 1. The lowest BCUT2D eigenvalue weighted by molar-refractivity contribution is -0.136.